The fourth-order valence-corrected chi connectivity index (χ4v) is 1.10. The van der Waals surface area contributed by atoms with E-state index in [4.69, 9.17) is 4.74 Å². The van der Waals surface area contributed by atoms with Crippen molar-refractivity contribution < 1.29 is 19.2 Å². The van der Waals surface area contributed by atoms with Crippen molar-refractivity contribution in [3.05, 3.63) is 34.4 Å². The van der Waals surface area contributed by atoms with E-state index in [9.17, 15) is 19.7 Å². The van der Waals surface area contributed by atoms with Crippen LogP contribution < -0.4 is 4.74 Å². The van der Waals surface area contributed by atoms with Crippen LogP contribution in [0.1, 0.15) is 6.92 Å². The molecule has 0 atom stereocenters. The molecule has 0 saturated heterocycles. The monoisotopic (exact) mass is 252 g/mol. The Morgan fingerprint density at radius 3 is 2.33 bits per heavy atom. The Kier molecular flexibility index (Phi) is 4.36. The molecule has 0 fully saturated rings. The highest BCUT2D eigenvalue weighted by molar-refractivity contribution is 5.81. The number of nitro benzene ring substituents is 1. The highest BCUT2D eigenvalue weighted by Crippen LogP contribution is 2.17. The number of hydrogen-bond donors (Lipinski definition) is 0. The van der Waals surface area contributed by atoms with E-state index in [1.165, 1.54) is 43.1 Å². The number of carbonyl (C=O) groups is 2. The van der Waals surface area contributed by atoms with Crippen LogP contribution in [0, 0.1) is 10.1 Å². The second-order valence-corrected chi connectivity index (χ2v) is 3.60. The van der Waals surface area contributed by atoms with E-state index in [2.05, 4.69) is 0 Å². The maximum atomic E-state index is 11.4. The van der Waals surface area contributed by atoms with Gasteiger partial charge in [0.25, 0.3) is 5.69 Å². The third-order valence-electron chi connectivity index (χ3n) is 2.18. The van der Waals surface area contributed by atoms with Crippen LogP contribution in [0.3, 0.4) is 0 Å². The minimum Gasteiger partial charge on any atom is -0.425 e. The number of nitro groups is 1. The zero-order chi connectivity index (χ0) is 13.7. The van der Waals surface area contributed by atoms with Gasteiger partial charge in [-0.15, -0.1) is 0 Å². The standard InChI is InChI=1S/C11H12N2O5/c1-8(14)12(2)7-11(15)18-10-5-3-9(4-6-10)13(16)17/h3-6H,7H2,1-2H3. The summed E-state index contributed by atoms with van der Waals surface area (Å²) < 4.78 is 4.91. The predicted molar refractivity (Wildman–Crippen MR) is 62.0 cm³/mol. The van der Waals surface area contributed by atoms with Crippen LogP contribution in [-0.4, -0.2) is 35.3 Å². The van der Waals surface area contributed by atoms with Gasteiger partial charge in [0.1, 0.15) is 12.3 Å². The van der Waals surface area contributed by atoms with Gasteiger partial charge in [-0.05, 0) is 12.1 Å². The number of likely N-dealkylation sites (N-methyl/N-ethyl adjacent to an activating group) is 1. The van der Waals surface area contributed by atoms with E-state index in [0.29, 0.717) is 0 Å². The van der Waals surface area contributed by atoms with Crippen LogP contribution in [0.25, 0.3) is 0 Å². The topological polar surface area (TPSA) is 89.8 Å². The van der Waals surface area contributed by atoms with Crippen LogP contribution in [0.4, 0.5) is 5.69 Å². The van der Waals surface area contributed by atoms with Gasteiger partial charge in [0.15, 0.2) is 0 Å². The summed E-state index contributed by atoms with van der Waals surface area (Å²) in [6.45, 7) is 1.16. The van der Waals surface area contributed by atoms with Gasteiger partial charge in [-0.2, -0.15) is 0 Å². The van der Waals surface area contributed by atoms with Crippen LogP contribution >= 0.6 is 0 Å². The van der Waals surface area contributed by atoms with Crippen molar-refractivity contribution in [3.63, 3.8) is 0 Å². The molecule has 96 valence electrons. The number of carbonyl (C=O) groups excluding carboxylic acids is 2. The molecule has 18 heavy (non-hydrogen) atoms. The van der Waals surface area contributed by atoms with E-state index in [1.807, 2.05) is 0 Å². The minimum atomic E-state index is -0.610. The normalized spacial score (nSPS) is 9.67. The van der Waals surface area contributed by atoms with E-state index in [-0.39, 0.29) is 23.9 Å². The summed E-state index contributed by atoms with van der Waals surface area (Å²) in [7, 11) is 1.47. The third-order valence-corrected chi connectivity index (χ3v) is 2.18. The molecule has 0 radical (unpaired) electrons. The molecule has 0 N–H and O–H groups in total. The molecule has 1 aromatic rings. The smallest absolute Gasteiger partial charge is 0.331 e. The first-order chi connectivity index (χ1) is 8.40. The van der Waals surface area contributed by atoms with Crippen molar-refractivity contribution in [1.82, 2.24) is 4.90 Å². The second kappa shape index (κ2) is 5.76. The van der Waals surface area contributed by atoms with Gasteiger partial charge in [-0.3, -0.25) is 14.9 Å². The first-order valence-electron chi connectivity index (χ1n) is 5.07. The van der Waals surface area contributed by atoms with Crippen LogP contribution in [0.15, 0.2) is 24.3 Å². The van der Waals surface area contributed by atoms with Crippen LogP contribution in [0.5, 0.6) is 5.75 Å². The summed E-state index contributed by atoms with van der Waals surface area (Å²) in [6, 6.07) is 5.11. The third kappa shape index (κ3) is 3.85. The molecule has 0 aliphatic rings. The highest BCUT2D eigenvalue weighted by Gasteiger charge is 2.12. The molecule has 0 aliphatic carbocycles. The lowest BCUT2D eigenvalue weighted by Gasteiger charge is -2.13. The number of benzene rings is 1. The first kappa shape index (κ1) is 13.6. The number of hydrogen-bond acceptors (Lipinski definition) is 5. The Morgan fingerprint density at radius 2 is 1.89 bits per heavy atom. The molecule has 0 aromatic heterocycles. The average molecular weight is 252 g/mol. The number of amides is 1. The predicted octanol–water partition coefficient (Wildman–Crippen LogP) is 0.978. The van der Waals surface area contributed by atoms with Crippen molar-refractivity contribution in [1.29, 1.82) is 0 Å². The largest absolute Gasteiger partial charge is 0.425 e. The summed E-state index contributed by atoms with van der Waals surface area (Å²) in [6.07, 6.45) is 0. The fourth-order valence-electron chi connectivity index (χ4n) is 1.10. The quantitative estimate of drug-likeness (QED) is 0.345. The van der Waals surface area contributed by atoms with Crippen LogP contribution in [0.2, 0.25) is 0 Å². The summed E-state index contributed by atoms with van der Waals surface area (Å²) in [4.78, 5) is 33.4. The number of ether oxygens (including phenoxy) is 1. The van der Waals surface area contributed by atoms with E-state index in [0.717, 1.165) is 0 Å². The van der Waals surface area contributed by atoms with Gasteiger partial charge in [-0.25, -0.2) is 4.79 Å². The van der Waals surface area contributed by atoms with Crippen molar-refractivity contribution in [3.8, 4) is 5.75 Å². The summed E-state index contributed by atoms with van der Waals surface area (Å²) in [5.41, 5.74) is -0.0874. The molecule has 1 aromatic carbocycles. The summed E-state index contributed by atoms with van der Waals surface area (Å²) in [5, 5.41) is 10.4. The molecule has 0 unspecified atom stereocenters. The second-order valence-electron chi connectivity index (χ2n) is 3.60. The van der Waals surface area contributed by atoms with Gasteiger partial charge < -0.3 is 9.64 Å². The lowest BCUT2D eigenvalue weighted by atomic mass is 10.3. The Morgan fingerprint density at radius 1 is 1.33 bits per heavy atom. The van der Waals surface area contributed by atoms with Crippen molar-refractivity contribution in [2.45, 2.75) is 6.92 Å². The minimum absolute atomic E-state index is 0.0874. The summed E-state index contributed by atoms with van der Waals surface area (Å²) in [5.74, 6) is -0.667. The van der Waals surface area contributed by atoms with Gasteiger partial charge in [0, 0.05) is 26.1 Å². The number of esters is 1. The zero-order valence-corrected chi connectivity index (χ0v) is 9.95. The molecule has 7 heteroatoms. The Hall–Kier alpha value is -2.44. The van der Waals surface area contributed by atoms with E-state index in [1.54, 1.807) is 0 Å². The molecule has 0 spiro atoms. The first-order valence-corrected chi connectivity index (χ1v) is 5.07. The average Bonchev–Trinajstić information content (AvgIpc) is 2.29. The van der Waals surface area contributed by atoms with Gasteiger partial charge >= 0.3 is 5.97 Å². The SMILES string of the molecule is CC(=O)N(C)CC(=O)Oc1ccc([N+](=O)[O-])cc1. The molecular weight excluding hydrogens is 240 g/mol. The van der Waals surface area contributed by atoms with Crippen LogP contribution in [-0.2, 0) is 9.59 Å². The molecule has 0 bridgehead atoms. The molecule has 1 rings (SSSR count). The lowest BCUT2D eigenvalue weighted by Crippen LogP contribution is -2.32. The number of nitrogens with zero attached hydrogens (tertiary/aromatic N) is 2. The summed E-state index contributed by atoms with van der Waals surface area (Å²) >= 11 is 0. The fraction of sp³-hybridized carbons (Fsp3) is 0.273. The number of rotatable bonds is 4. The molecule has 0 heterocycles. The van der Waals surface area contributed by atoms with Gasteiger partial charge in [-0.1, -0.05) is 0 Å². The Balaban J connectivity index is 2.60. The molecule has 0 saturated carbocycles. The maximum absolute atomic E-state index is 11.4. The molecule has 1 amide bonds. The van der Waals surface area contributed by atoms with E-state index >= 15 is 0 Å². The van der Waals surface area contributed by atoms with E-state index < -0.39 is 10.9 Å². The van der Waals surface area contributed by atoms with Crippen molar-refractivity contribution in [2.24, 2.45) is 0 Å². The van der Waals surface area contributed by atoms with Crippen molar-refractivity contribution in [2.75, 3.05) is 13.6 Å². The zero-order valence-electron chi connectivity index (χ0n) is 9.95. The maximum Gasteiger partial charge on any atom is 0.331 e. The van der Waals surface area contributed by atoms with Gasteiger partial charge in [0.2, 0.25) is 5.91 Å². The Labute approximate surface area is 103 Å². The highest BCUT2D eigenvalue weighted by atomic mass is 16.6. The molecule has 0 aliphatic heterocycles. The molecule has 7 nitrogen and oxygen atoms in total. The Bertz CT molecular complexity index is 469. The molecular formula is C11H12N2O5. The van der Waals surface area contributed by atoms with Gasteiger partial charge in [0.05, 0.1) is 4.92 Å². The van der Waals surface area contributed by atoms with Crippen molar-refractivity contribution >= 4 is 17.6 Å². The lowest BCUT2D eigenvalue weighted by molar-refractivity contribution is -0.384. The number of non-ortho nitro benzene ring substituents is 1.